The molecule has 1 heterocycles. The summed E-state index contributed by atoms with van der Waals surface area (Å²) >= 11 is 0. The van der Waals surface area contributed by atoms with Crippen molar-refractivity contribution in [2.45, 2.75) is 0 Å². The number of ether oxygens (including phenoxy) is 1. The quantitative estimate of drug-likeness (QED) is 0.502. The number of nitrogens with one attached hydrogen (secondary N) is 1. The van der Waals surface area contributed by atoms with E-state index < -0.39 is 11.6 Å². The minimum Gasteiger partial charge on any atom is -0.453 e. The minimum atomic E-state index is -0.868. The van der Waals surface area contributed by atoms with Crippen molar-refractivity contribution >= 4 is 11.4 Å². The van der Waals surface area contributed by atoms with Crippen LogP contribution in [0.25, 0.3) is 11.1 Å². The SMILES string of the molecule is Fc1ccc(-c2cccc3c2Nc2ccccc2O3)cc1F. The predicted octanol–water partition coefficient (Wildman–Crippen LogP) is 5.48. The van der Waals surface area contributed by atoms with Crippen molar-refractivity contribution in [3.8, 4) is 22.6 Å². The standard InChI is InChI=1S/C18H11F2NO/c19-13-9-8-11(10-14(13)20)12-4-3-7-17-18(12)21-15-5-1-2-6-16(15)22-17/h1-10,21H. The molecule has 22 heavy (non-hydrogen) atoms. The molecule has 0 saturated carbocycles. The Labute approximate surface area is 126 Å². The third-order valence-corrected chi connectivity index (χ3v) is 3.62. The third kappa shape index (κ3) is 2.00. The van der Waals surface area contributed by atoms with Gasteiger partial charge in [-0.15, -0.1) is 0 Å². The third-order valence-electron chi connectivity index (χ3n) is 3.62. The van der Waals surface area contributed by atoms with Crippen LogP contribution >= 0.6 is 0 Å². The van der Waals surface area contributed by atoms with Crippen molar-refractivity contribution in [3.05, 3.63) is 72.3 Å². The normalized spacial score (nSPS) is 11.9. The molecule has 0 fully saturated rings. The molecule has 3 aromatic rings. The summed E-state index contributed by atoms with van der Waals surface area (Å²) in [4.78, 5) is 0. The molecule has 1 aliphatic heterocycles. The molecule has 4 rings (SSSR count). The molecule has 2 nitrogen and oxygen atoms in total. The zero-order chi connectivity index (χ0) is 15.1. The van der Waals surface area contributed by atoms with Gasteiger partial charge >= 0.3 is 0 Å². The predicted molar refractivity (Wildman–Crippen MR) is 81.6 cm³/mol. The Hall–Kier alpha value is -2.88. The van der Waals surface area contributed by atoms with Crippen LogP contribution in [0, 0.1) is 11.6 Å². The van der Waals surface area contributed by atoms with Crippen molar-refractivity contribution in [2.75, 3.05) is 5.32 Å². The molecule has 0 saturated heterocycles. The molecule has 0 bridgehead atoms. The lowest BCUT2D eigenvalue weighted by molar-refractivity contribution is 0.481. The number of para-hydroxylation sites is 3. The van der Waals surface area contributed by atoms with Crippen LogP contribution in [-0.2, 0) is 0 Å². The first-order valence-corrected chi connectivity index (χ1v) is 6.85. The van der Waals surface area contributed by atoms with Crippen molar-refractivity contribution in [3.63, 3.8) is 0 Å². The van der Waals surface area contributed by atoms with E-state index in [0.717, 1.165) is 28.8 Å². The summed E-state index contributed by atoms with van der Waals surface area (Å²) in [5.74, 6) is -0.339. The first-order chi connectivity index (χ1) is 10.7. The summed E-state index contributed by atoms with van der Waals surface area (Å²) in [6, 6.07) is 16.9. The maximum atomic E-state index is 13.5. The van der Waals surface area contributed by atoms with Crippen LogP contribution in [0.1, 0.15) is 0 Å². The second-order valence-corrected chi connectivity index (χ2v) is 5.03. The number of rotatable bonds is 1. The van der Waals surface area contributed by atoms with Gasteiger partial charge in [0.25, 0.3) is 0 Å². The van der Waals surface area contributed by atoms with E-state index in [1.807, 2.05) is 42.5 Å². The van der Waals surface area contributed by atoms with Gasteiger partial charge in [-0.25, -0.2) is 8.78 Å². The van der Waals surface area contributed by atoms with E-state index in [1.165, 1.54) is 6.07 Å². The Bertz CT molecular complexity index is 877. The lowest BCUT2D eigenvalue weighted by Crippen LogP contribution is -2.04. The fourth-order valence-corrected chi connectivity index (χ4v) is 2.56. The van der Waals surface area contributed by atoms with E-state index in [2.05, 4.69) is 5.32 Å². The maximum Gasteiger partial charge on any atom is 0.159 e. The first-order valence-electron chi connectivity index (χ1n) is 6.85. The fraction of sp³-hybridized carbons (Fsp3) is 0. The second kappa shape index (κ2) is 4.84. The lowest BCUT2D eigenvalue weighted by atomic mass is 10.0. The molecule has 4 heteroatoms. The van der Waals surface area contributed by atoms with Gasteiger partial charge in [0.1, 0.15) is 0 Å². The highest BCUT2D eigenvalue weighted by Crippen LogP contribution is 2.46. The molecule has 0 aliphatic carbocycles. The van der Waals surface area contributed by atoms with E-state index in [0.29, 0.717) is 11.3 Å². The van der Waals surface area contributed by atoms with Crippen LogP contribution in [0.4, 0.5) is 20.2 Å². The van der Waals surface area contributed by atoms with E-state index in [9.17, 15) is 8.78 Å². The summed E-state index contributed by atoms with van der Waals surface area (Å²) in [5.41, 5.74) is 2.93. The van der Waals surface area contributed by atoms with Gasteiger partial charge in [0.15, 0.2) is 23.1 Å². The highest BCUT2D eigenvalue weighted by molar-refractivity contribution is 5.88. The monoisotopic (exact) mass is 295 g/mol. The Morgan fingerprint density at radius 3 is 2.45 bits per heavy atom. The van der Waals surface area contributed by atoms with Gasteiger partial charge in [-0.05, 0) is 35.9 Å². The van der Waals surface area contributed by atoms with Crippen LogP contribution < -0.4 is 10.1 Å². The molecule has 0 radical (unpaired) electrons. The Morgan fingerprint density at radius 1 is 0.773 bits per heavy atom. The molecule has 0 unspecified atom stereocenters. The van der Waals surface area contributed by atoms with Crippen LogP contribution in [0.5, 0.6) is 11.5 Å². The highest BCUT2D eigenvalue weighted by atomic mass is 19.2. The van der Waals surface area contributed by atoms with Crippen LogP contribution in [0.15, 0.2) is 60.7 Å². The largest absolute Gasteiger partial charge is 0.453 e. The van der Waals surface area contributed by atoms with E-state index in [1.54, 1.807) is 6.07 Å². The smallest absolute Gasteiger partial charge is 0.159 e. The van der Waals surface area contributed by atoms with Gasteiger partial charge in [-0.1, -0.05) is 30.3 Å². The molecule has 0 atom stereocenters. The average molecular weight is 295 g/mol. The summed E-state index contributed by atoms with van der Waals surface area (Å²) in [5, 5.41) is 3.30. The molecule has 1 N–H and O–H groups in total. The maximum absolute atomic E-state index is 13.5. The zero-order valence-corrected chi connectivity index (χ0v) is 11.4. The molecule has 1 aliphatic rings. The van der Waals surface area contributed by atoms with Gasteiger partial charge in [0.2, 0.25) is 0 Å². The molecule has 108 valence electrons. The number of hydrogen-bond donors (Lipinski definition) is 1. The summed E-state index contributed by atoms with van der Waals surface area (Å²) < 4.78 is 32.5. The molecular weight excluding hydrogens is 284 g/mol. The number of anilines is 2. The van der Waals surface area contributed by atoms with Gasteiger partial charge in [-0.2, -0.15) is 0 Å². The minimum absolute atomic E-state index is 0.589. The summed E-state index contributed by atoms with van der Waals surface area (Å²) in [6.07, 6.45) is 0. The van der Waals surface area contributed by atoms with Crippen LogP contribution in [-0.4, -0.2) is 0 Å². The molecule has 0 spiro atoms. The van der Waals surface area contributed by atoms with Crippen molar-refractivity contribution in [1.82, 2.24) is 0 Å². The Morgan fingerprint density at radius 2 is 1.59 bits per heavy atom. The lowest BCUT2D eigenvalue weighted by Gasteiger charge is -2.24. The highest BCUT2D eigenvalue weighted by Gasteiger charge is 2.19. The number of hydrogen-bond acceptors (Lipinski definition) is 2. The van der Waals surface area contributed by atoms with E-state index >= 15 is 0 Å². The van der Waals surface area contributed by atoms with Crippen molar-refractivity contribution < 1.29 is 13.5 Å². The molecule has 3 aromatic carbocycles. The zero-order valence-electron chi connectivity index (χ0n) is 11.4. The van der Waals surface area contributed by atoms with Gasteiger partial charge in [0, 0.05) is 5.56 Å². The molecule has 0 amide bonds. The summed E-state index contributed by atoms with van der Waals surface area (Å²) in [7, 11) is 0. The Balaban J connectivity index is 1.85. The fourth-order valence-electron chi connectivity index (χ4n) is 2.56. The van der Waals surface area contributed by atoms with Crippen LogP contribution in [0.2, 0.25) is 0 Å². The van der Waals surface area contributed by atoms with Crippen molar-refractivity contribution in [1.29, 1.82) is 0 Å². The molecular formula is C18H11F2NO. The topological polar surface area (TPSA) is 21.3 Å². The van der Waals surface area contributed by atoms with E-state index in [4.69, 9.17) is 4.74 Å². The number of benzene rings is 3. The van der Waals surface area contributed by atoms with E-state index in [-0.39, 0.29) is 0 Å². The first kappa shape index (κ1) is 12.8. The second-order valence-electron chi connectivity index (χ2n) is 5.03. The summed E-state index contributed by atoms with van der Waals surface area (Å²) in [6.45, 7) is 0. The molecule has 0 aromatic heterocycles. The Kier molecular flexibility index (Phi) is 2.82. The van der Waals surface area contributed by atoms with Crippen molar-refractivity contribution in [2.24, 2.45) is 0 Å². The van der Waals surface area contributed by atoms with Gasteiger partial charge in [0.05, 0.1) is 11.4 Å². The average Bonchev–Trinajstić information content (AvgIpc) is 2.55. The van der Waals surface area contributed by atoms with Gasteiger partial charge < -0.3 is 10.1 Å². The van der Waals surface area contributed by atoms with Crippen LogP contribution in [0.3, 0.4) is 0 Å². The number of halogens is 2. The van der Waals surface area contributed by atoms with Gasteiger partial charge in [-0.3, -0.25) is 0 Å². The number of fused-ring (bicyclic) bond motifs is 2.